The van der Waals surface area contributed by atoms with E-state index in [1.165, 1.54) is 40.7 Å². The molecular weight excluding hydrogens is 398 g/mol. The van der Waals surface area contributed by atoms with Crippen LogP contribution in [0.4, 0.5) is 11.4 Å². The highest BCUT2D eigenvalue weighted by Gasteiger charge is 2.26. The standard InChI is InChI=1S/C19H23N3O6S/c1-4-21(5-2)29(26,27)18-13-15(10-11-17(18)28-6-3)20-19(23)14-8-7-9-16(12-14)22(24)25/h7-13H,4-6H2,1-3H3,(H,20,23). The number of benzene rings is 2. The molecule has 0 aliphatic rings. The first-order chi connectivity index (χ1) is 13.7. The van der Waals surface area contributed by atoms with Gasteiger partial charge >= 0.3 is 0 Å². The van der Waals surface area contributed by atoms with Gasteiger partial charge in [0.15, 0.2) is 0 Å². The average molecular weight is 421 g/mol. The van der Waals surface area contributed by atoms with Crippen molar-refractivity contribution < 1.29 is 22.9 Å². The summed E-state index contributed by atoms with van der Waals surface area (Å²) in [6.07, 6.45) is 0. The molecule has 2 aromatic rings. The van der Waals surface area contributed by atoms with Crippen LogP contribution >= 0.6 is 0 Å². The van der Waals surface area contributed by atoms with Gasteiger partial charge in [-0.05, 0) is 31.2 Å². The topological polar surface area (TPSA) is 119 Å². The average Bonchev–Trinajstić information content (AvgIpc) is 2.70. The molecule has 2 rings (SSSR count). The van der Waals surface area contributed by atoms with E-state index >= 15 is 0 Å². The molecular formula is C19H23N3O6S. The number of amides is 1. The van der Waals surface area contributed by atoms with Gasteiger partial charge in [0, 0.05) is 36.5 Å². The third-order valence-corrected chi connectivity index (χ3v) is 6.21. The van der Waals surface area contributed by atoms with E-state index in [0.29, 0.717) is 0 Å². The molecule has 29 heavy (non-hydrogen) atoms. The van der Waals surface area contributed by atoms with Crippen LogP contribution < -0.4 is 10.1 Å². The lowest BCUT2D eigenvalue weighted by atomic mass is 10.2. The Hall–Kier alpha value is -2.98. The first-order valence-corrected chi connectivity index (χ1v) is 10.5. The number of rotatable bonds is 9. The SMILES string of the molecule is CCOc1ccc(NC(=O)c2cccc([N+](=O)[O-])c2)cc1S(=O)(=O)N(CC)CC. The number of sulfonamides is 1. The fraction of sp³-hybridized carbons (Fsp3) is 0.316. The van der Waals surface area contributed by atoms with Gasteiger partial charge in [0.05, 0.1) is 11.5 Å². The minimum atomic E-state index is -3.83. The molecule has 0 spiro atoms. The van der Waals surface area contributed by atoms with Gasteiger partial charge < -0.3 is 10.1 Å². The Morgan fingerprint density at radius 3 is 2.41 bits per heavy atom. The van der Waals surface area contributed by atoms with Crippen molar-refractivity contribution in [3.63, 3.8) is 0 Å². The van der Waals surface area contributed by atoms with Crippen molar-refractivity contribution in [1.82, 2.24) is 4.31 Å². The summed E-state index contributed by atoms with van der Waals surface area (Å²) in [4.78, 5) is 22.7. The molecule has 1 N–H and O–H groups in total. The minimum Gasteiger partial charge on any atom is -0.492 e. The van der Waals surface area contributed by atoms with E-state index in [-0.39, 0.29) is 47.3 Å². The maximum Gasteiger partial charge on any atom is 0.270 e. The summed E-state index contributed by atoms with van der Waals surface area (Å²) in [6.45, 7) is 6.06. The number of nitrogens with one attached hydrogen (secondary N) is 1. The lowest BCUT2D eigenvalue weighted by molar-refractivity contribution is -0.384. The number of nitro benzene ring substituents is 1. The summed E-state index contributed by atoms with van der Waals surface area (Å²) in [5.74, 6) is -0.406. The molecule has 0 saturated heterocycles. The third kappa shape index (κ3) is 5.09. The molecule has 9 nitrogen and oxygen atoms in total. The van der Waals surface area contributed by atoms with E-state index in [1.807, 2.05) is 0 Å². The highest BCUT2D eigenvalue weighted by atomic mass is 32.2. The van der Waals surface area contributed by atoms with Crippen molar-refractivity contribution in [2.24, 2.45) is 0 Å². The van der Waals surface area contributed by atoms with Crippen molar-refractivity contribution in [3.05, 3.63) is 58.1 Å². The predicted molar refractivity (Wildman–Crippen MR) is 109 cm³/mol. The van der Waals surface area contributed by atoms with Gasteiger partial charge in [0.2, 0.25) is 10.0 Å². The van der Waals surface area contributed by atoms with Gasteiger partial charge in [0.25, 0.3) is 11.6 Å². The Bertz CT molecular complexity index is 1000. The molecule has 156 valence electrons. The lowest BCUT2D eigenvalue weighted by Crippen LogP contribution is -2.31. The van der Waals surface area contributed by atoms with Crippen LogP contribution in [0, 0.1) is 10.1 Å². The molecule has 0 aromatic heterocycles. The number of carbonyl (C=O) groups is 1. The number of hydrogen-bond donors (Lipinski definition) is 1. The Balaban J connectivity index is 2.41. The molecule has 0 aliphatic heterocycles. The van der Waals surface area contributed by atoms with Gasteiger partial charge in [-0.15, -0.1) is 0 Å². The van der Waals surface area contributed by atoms with Crippen LogP contribution in [-0.2, 0) is 10.0 Å². The molecule has 0 unspecified atom stereocenters. The summed E-state index contributed by atoms with van der Waals surface area (Å²) < 4.78 is 32.7. The number of nitrogens with zero attached hydrogens (tertiary/aromatic N) is 2. The molecule has 0 aliphatic carbocycles. The molecule has 0 atom stereocenters. The highest BCUT2D eigenvalue weighted by Crippen LogP contribution is 2.30. The Morgan fingerprint density at radius 1 is 1.14 bits per heavy atom. The van der Waals surface area contributed by atoms with Gasteiger partial charge in [-0.3, -0.25) is 14.9 Å². The van der Waals surface area contributed by atoms with Crippen molar-refractivity contribution in [2.75, 3.05) is 25.0 Å². The monoisotopic (exact) mass is 421 g/mol. The molecule has 0 radical (unpaired) electrons. The van der Waals surface area contributed by atoms with Crippen molar-refractivity contribution in [3.8, 4) is 5.75 Å². The summed E-state index contributed by atoms with van der Waals surface area (Å²) in [7, 11) is -3.83. The van der Waals surface area contributed by atoms with Crippen LogP contribution in [0.3, 0.4) is 0 Å². The molecule has 0 saturated carbocycles. The molecule has 2 aromatic carbocycles. The van der Waals surface area contributed by atoms with Gasteiger partial charge in [-0.2, -0.15) is 4.31 Å². The first-order valence-electron chi connectivity index (χ1n) is 9.07. The lowest BCUT2D eigenvalue weighted by Gasteiger charge is -2.21. The fourth-order valence-electron chi connectivity index (χ4n) is 2.73. The second-order valence-electron chi connectivity index (χ2n) is 5.95. The van der Waals surface area contributed by atoms with Gasteiger partial charge in [-0.1, -0.05) is 19.9 Å². The van der Waals surface area contributed by atoms with Crippen LogP contribution in [0.15, 0.2) is 47.4 Å². The normalized spacial score (nSPS) is 11.3. The number of carbonyl (C=O) groups excluding carboxylic acids is 1. The molecule has 0 bridgehead atoms. The van der Waals surface area contributed by atoms with Crippen LogP contribution in [0.25, 0.3) is 0 Å². The van der Waals surface area contributed by atoms with E-state index in [1.54, 1.807) is 20.8 Å². The van der Waals surface area contributed by atoms with Crippen molar-refractivity contribution in [1.29, 1.82) is 0 Å². The van der Waals surface area contributed by atoms with E-state index in [9.17, 15) is 23.3 Å². The van der Waals surface area contributed by atoms with E-state index in [4.69, 9.17) is 4.74 Å². The summed E-state index contributed by atoms with van der Waals surface area (Å²) in [5, 5.41) is 13.5. The predicted octanol–water partition coefficient (Wildman–Crippen LogP) is 3.28. The quantitative estimate of drug-likeness (QED) is 0.490. The second-order valence-corrected chi connectivity index (χ2v) is 7.85. The van der Waals surface area contributed by atoms with Crippen LogP contribution in [-0.4, -0.2) is 43.2 Å². The zero-order valence-corrected chi connectivity index (χ0v) is 17.2. The summed E-state index contributed by atoms with van der Waals surface area (Å²) in [5.41, 5.74) is 0.103. The maximum absolute atomic E-state index is 13.0. The Kier molecular flexibility index (Phi) is 7.29. The molecule has 1 amide bonds. The zero-order valence-electron chi connectivity index (χ0n) is 16.4. The maximum atomic E-state index is 13.0. The largest absolute Gasteiger partial charge is 0.492 e. The molecule has 0 fully saturated rings. The number of ether oxygens (including phenoxy) is 1. The van der Waals surface area contributed by atoms with Gasteiger partial charge in [0.1, 0.15) is 10.6 Å². The fourth-order valence-corrected chi connectivity index (χ4v) is 4.34. The van der Waals surface area contributed by atoms with E-state index in [0.717, 1.165) is 6.07 Å². The number of nitro groups is 1. The summed E-state index contributed by atoms with van der Waals surface area (Å²) in [6, 6.07) is 9.59. The van der Waals surface area contributed by atoms with E-state index in [2.05, 4.69) is 5.32 Å². The smallest absolute Gasteiger partial charge is 0.270 e. The minimum absolute atomic E-state index is 0.0557. The number of anilines is 1. The van der Waals surface area contributed by atoms with Crippen molar-refractivity contribution >= 4 is 27.3 Å². The summed E-state index contributed by atoms with van der Waals surface area (Å²) >= 11 is 0. The van der Waals surface area contributed by atoms with Gasteiger partial charge in [-0.25, -0.2) is 8.42 Å². The van der Waals surface area contributed by atoms with Crippen LogP contribution in [0.1, 0.15) is 31.1 Å². The number of non-ortho nitro benzene ring substituents is 1. The van der Waals surface area contributed by atoms with E-state index < -0.39 is 20.9 Å². The highest BCUT2D eigenvalue weighted by molar-refractivity contribution is 7.89. The Morgan fingerprint density at radius 2 is 1.83 bits per heavy atom. The number of hydrogen-bond acceptors (Lipinski definition) is 6. The van der Waals surface area contributed by atoms with Crippen LogP contribution in [0.2, 0.25) is 0 Å². The third-order valence-electron chi connectivity index (χ3n) is 4.14. The van der Waals surface area contributed by atoms with Crippen molar-refractivity contribution in [2.45, 2.75) is 25.7 Å². The Labute approximate surface area is 169 Å². The zero-order chi connectivity index (χ0) is 21.6. The first kappa shape index (κ1) is 22.3. The molecule has 0 heterocycles. The van der Waals surface area contributed by atoms with Crippen LogP contribution in [0.5, 0.6) is 5.75 Å². The second kappa shape index (κ2) is 9.48. The molecule has 10 heteroatoms.